The minimum Gasteiger partial charge on any atom is -0.464 e. The predicted molar refractivity (Wildman–Crippen MR) is 95.4 cm³/mol. The number of carbonyl (C=O) groups excluding carboxylic acids is 2. The van der Waals surface area contributed by atoms with Crippen LogP contribution in [-0.4, -0.2) is 56.5 Å². The van der Waals surface area contributed by atoms with Crippen molar-refractivity contribution in [2.24, 2.45) is 7.05 Å². The summed E-state index contributed by atoms with van der Waals surface area (Å²) in [5, 5.41) is 8.86. The second-order valence-corrected chi connectivity index (χ2v) is 6.92. The third-order valence-corrected chi connectivity index (χ3v) is 5.29. The van der Waals surface area contributed by atoms with Crippen molar-refractivity contribution in [1.82, 2.24) is 19.7 Å². The van der Waals surface area contributed by atoms with Gasteiger partial charge < -0.3 is 18.6 Å². The molecule has 0 aliphatic carbocycles. The topological polar surface area (TPSA) is 90.5 Å². The van der Waals surface area contributed by atoms with Crippen LogP contribution in [0.5, 0.6) is 0 Å². The Morgan fingerprint density at radius 2 is 2.23 bits per heavy atom. The minimum absolute atomic E-state index is 0.0877. The van der Waals surface area contributed by atoms with Crippen LogP contribution in [0.3, 0.4) is 0 Å². The SMILES string of the molecule is CCOC(=O)[C@H]1CCCCN1C(=O)CSc1nnc(-c2ccco2)n1C. The molecule has 1 aliphatic rings. The quantitative estimate of drug-likeness (QED) is 0.562. The number of rotatable bonds is 6. The first kappa shape index (κ1) is 18.5. The standard InChI is InChI=1S/C17H22N4O4S/c1-3-24-16(23)12-7-4-5-9-21(12)14(22)11-26-17-19-18-15(20(17)2)13-8-6-10-25-13/h6,8,10,12H,3-5,7,9,11H2,1-2H3/t12-/m1/s1. The van der Waals surface area contributed by atoms with Crippen molar-refractivity contribution < 1.29 is 18.7 Å². The Kier molecular flexibility index (Phi) is 5.97. The molecule has 140 valence electrons. The Hall–Kier alpha value is -2.29. The molecule has 1 fully saturated rings. The van der Waals surface area contributed by atoms with Crippen LogP contribution in [0.2, 0.25) is 0 Å². The van der Waals surface area contributed by atoms with Crippen LogP contribution in [0.15, 0.2) is 28.0 Å². The lowest BCUT2D eigenvalue weighted by atomic mass is 10.0. The Morgan fingerprint density at radius 1 is 1.38 bits per heavy atom. The van der Waals surface area contributed by atoms with E-state index in [1.807, 2.05) is 7.05 Å². The molecule has 26 heavy (non-hydrogen) atoms. The van der Waals surface area contributed by atoms with Gasteiger partial charge in [-0.05, 0) is 38.3 Å². The zero-order chi connectivity index (χ0) is 18.5. The number of piperidine rings is 1. The second-order valence-electron chi connectivity index (χ2n) is 5.98. The molecule has 3 rings (SSSR count). The summed E-state index contributed by atoms with van der Waals surface area (Å²) in [7, 11) is 1.83. The average molecular weight is 378 g/mol. The van der Waals surface area contributed by atoms with E-state index in [9.17, 15) is 9.59 Å². The van der Waals surface area contributed by atoms with Gasteiger partial charge >= 0.3 is 5.97 Å². The minimum atomic E-state index is -0.477. The summed E-state index contributed by atoms with van der Waals surface area (Å²) in [6.07, 6.45) is 4.06. The molecule has 1 aliphatic heterocycles. The smallest absolute Gasteiger partial charge is 0.328 e. The van der Waals surface area contributed by atoms with E-state index < -0.39 is 6.04 Å². The molecule has 2 aromatic rings. The van der Waals surface area contributed by atoms with Gasteiger partial charge in [0, 0.05) is 13.6 Å². The number of hydrogen-bond donors (Lipinski definition) is 0. The van der Waals surface area contributed by atoms with Gasteiger partial charge in [0.2, 0.25) is 5.91 Å². The molecule has 3 heterocycles. The molecular formula is C17H22N4O4S. The highest BCUT2D eigenvalue weighted by atomic mass is 32.2. The van der Waals surface area contributed by atoms with Gasteiger partial charge in [-0.1, -0.05) is 11.8 Å². The normalized spacial score (nSPS) is 17.3. The van der Waals surface area contributed by atoms with E-state index in [2.05, 4.69) is 10.2 Å². The van der Waals surface area contributed by atoms with Gasteiger partial charge in [0.25, 0.3) is 0 Å². The molecule has 8 nitrogen and oxygen atoms in total. The van der Waals surface area contributed by atoms with E-state index >= 15 is 0 Å². The predicted octanol–water partition coefficient (Wildman–Crippen LogP) is 2.11. The first-order valence-corrected chi connectivity index (χ1v) is 9.62. The summed E-state index contributed by atoms with van der Waals surface area (Å²) in [6, 6.07) is 3.11. The molecular weight excluding hydrogens is 356 g/mol. The first-order valence-electron chi connectivity index (χ1n) is 8.64. The van der Waals surface area contributed by atoms with Crippen LogP contribution in [0, 0.1) is 0 Å². The summed E-state index contributed by atoms with van der Waals surface area (Å²) in [6.45, 7) is 2.67. The number of carbonyl (C=O) groups is 2. The van der Waals surface area contributed by atoms with Crippen molar-refractivity contribution in [1.29, 1.82) is 0 Å². The van der Waals surface area contributed by atoms with Crippen molar-refractivity contribution >= 4 is 23.6 Å². The van der Waals surface area contributed by atoms with Crippen LogP contribution in [-0.2, 0) is 21.4 Å². The third-order valence-electron chi connectivity index (χ3n) is 4.28. The fourth-order valence-electron chi connectivity index (χ4n) is 2.98. The Morgan fingerprint density at radius 3 is 2.96 bits per heavy atom. The van der Waals surface area contributed by atoms with Crippen LogP contribution < -0.4 is 0 Å². The maximum Gasteiger partial charge on any atom is 0.328 e. The van der Waals surface area contributed by atoms with Gasteiger partial charge in [-0.3, -0.25) is 4.79 Å². The first-order chi connectivity index (χ1) is 12.6. The van der Waals surface area contributed by atoms with E-state index in [4.69, 9.17) is 9.15 Å². The number of nitrogens with zero attached hydrogens (tertiary/aromatic N) is 4. The monoisotopic (exact) mass is 378 g/mol. The molecule has 0 bridgehead atoms. The van der Waals surface area contributed by atoms with E-state index in [-0.39, 0.29) is 17.6 Å². The molecule has 0 unspecified atom stereocenters. The number of thioether (sulfide) groups is 1. The Balaban J connectivity index is 1.64. The number of aromatic nitrogens is 3. The molecule has 0 N–H and O–H groups in total. The van der Waals surface area contributed by atoms with Crippen molar-refractivity contribution in [3.8, 4) is 11.6 Å². The maximum atomic E-state index is 12.7. The van der Waals surface area contributed by atoms with Crippen LogP contribution in [0.4, 0.5) is 0 Å². The average Bonchev–Trinajstić information content (AvgIpc) is 3.29. The van der Waals surface area contributed by atoms with Gasteiger partial charge in [0.15, 0.2) is 16.7 Å². The lowest BCUT2D eigenvalue weighted by Crippen LogP contribution is -2.49. The van der Waals surface area contributed by atoms with Crippen molar-refractivity contribution in [2.45, 2.75) is 37.4 Å². The Bertz CT molecular complexity index is 759. The van der Waals surface area contributed by atoms with Crippen LogP contribution in [0.25, 0.3) is 11.6 Å². The molecule has 0 saturated carbocycles. The molecule has 0 radical (unpaired) electrons. The van der Waals surface area contributed by atoms with Crippen molar-refractivity contribution in [3.63, 3.8) is 0 Å². The van der Waals surface area contributed by atoms with Gasteiger partial charge in [0.1, 0.15) is 6.04 Å². The highest BCUT2D eigenvalue weighted by Crippen LogP contribution is 2.25. The molecule has 1 atom stereocenters. The molecule has 0 aromatic carbocycles. The van der Waals surface area contributed by atoms with Crippen molar-refractivity contribution in [3.05, 3.63) is 18.4 Å². The number of likely N-dealkylation sites (tertiary alicyclic amines) is 1. The molecule has 0 spiro atoms. The zero-order valence-electron chi connectivity index (χ0n) is 14.9. The highest BCUT2D eigenvalue weighted by Gasteiger charge is 2.33. The van der Waals surface area contributed by atoms with E-state index in [0.717, 1.165) is 12.8 Å². The second kappa shape index (κ2) is 8.39. The fraction of sp³-hybridized carbons (Fsp3) is 0.529. The summed E-state index contributed by atoms with van der Waals surface area (Å²) >= 11 is 1.30. The number of esters is 1. The largest absolute Gasteiger partial charge is 0.464 e. The van der Waals surface area contributed by atoms with E-state index in [0.29, 0.717) is 36.3 Å². The summed E-state index contributed by atoms with van der Waals surface area (Å²) in [5.41, 5.74) is 0. The molecule has 1 saturated heterocycles. The van der Waals surface area contributed by atoms with Crippen LogP contribution in [0.1, 0.15) is 26.2 Å². The van der Waals surface area contributed by atoms with Gasteiger partial charge in [-0.2, -0.15) is 0 Å². The van der Waals surface area contributed by atoms with Gasteiger partial charge in [0.05, 0.1) is 18.6 Å². The lowest BCUT2D eigenvalue weighted by Gasteiger charge is -2.33. The number of ether oxygens (including phenoxy) is 1. The van der Waals surface area contributed by atoms with Gasteiger partial charge in [-0.15, -0.1) is 10.2 Å². The van der Waals surface area contributed by atoms with E-state index in [1.54, 1.807) is 34.8 Å². The van der Waals surface area contributed by atoms with Crippen LogP contribution >= 0.6 is 11.8 Å². The fourth-order valence-corrected chi connectivity index (χ4v) is 3.78. The molecule has 1 amide bonds. The maximum absolute atomic E-state index is 12.7. The molecule has 2 aromatic heterocycles. The summed E-state index contributed by atoms with van der Waals surface area (Å²) < 4.78 is 12.2. The van der Waals surface area contributed by atoms with Gasteiger partial charge in [-0.25, -0.2) is 4.79 Å². The summed E-state index contributed by atoms with van der Waals surface area (Å²) in [4.78, 5) is 26.4. The zero-order valence-corrected chi connectivity index (χ0v) is 15.7. The number of hydrogen-bond acceptors (Lipinski definition) is 7. The number of amides is 1. The van der Waals surface area contributed by atoms with E-state index in [1.165, 1.54) is 11.8 Å². The van der Waals surface area contributed by atoms with Crippen molar-refractivity contribution in [2.75, 3.05) is 18.9 Å². The highest BCUT2D eigenvalue weighted by molar-refractivity contribution is 7.99. The summed E-state index contributed by atoms with van der Waals surface area (Å²) in [5.74, 6) is 1.02. The molecule has 9 heteroatoms. The Labute approximate surface area is 155 Å². The number of furan rings is 1. The lowest BCUT2D eigenvalue weighted by molar-refractivity contribution is -0.155. The third kappa shape index (κ3) is 3.92.